The molecule has 9 heteroatoms. The molecule has 1 saturated heterocycles. The van der Waals surface area contributed by atoms with Crippen LogP contribution in [0, 0.1) is 25.2 Å². The lowest BCUT2D eigenvalue weighted by Crippen LogP contribution is -2.38. The summed E-state index contributed by atoms with van der Waals surface area (Å²) >= 11 is 0. The minimum atomic E-state index is -3.85. The van der Waals surface area contributed by atoms with Crippen LogP contribution in [-0.4, -0.2) is 41.9 Å². The zero-order valence-electron chi connectivity index (χ0n) is 19.4. The van der Waals surface area contributed by atoms with Gasteiger partial charge in [-0.05, 0) is 68.0 Å². The number of benzene rings is 2. The number of likely N-dealkylation sites (tertiary alicyclic amines) is 1. The molecule has 1 N–H and O–H groups in total. The van der Waals surface area contributed by atoms with E-state index in [0.29, 0.717) is 41.6 Å². The Balaban J connectivity index is 1.47. The summed E-state index contributed by atoms with van der Waals surface area (Å²) in [5.74, 6) is 0.820. The molecule has 1 amide bonds. The first-order valence-electron chi connectivity index (χ1n) is 11.1. The first-order valence-corrected chi connectivity index (χ1v) is 12.6. The number of imidazole rings is 1. The van der Waals surface area contributed by atoms with E-state index in [1.54, 1.807) is 39.1 Å². The van der Waals surface area contributed by atoms with Crippen LogP contribution in [0.25, 0.3) is 0 Å². The molecular formula is C25H27N5O3S. The molecule has 8 nitrogen and oxygen atoms in total. The van der Waals surface area contributed by atoms with Crippen LogP contribution in [0.4, 0.5) is 5.69 Å². The van der Waals surface area contributed by atoms with Crippen molar-refractivity contribution in [2.24, 2.45) is 7.05 Å². The predicted molar refractivity (Wildman–Crippen MR) is 129 cm³/mol. The molecule has 0 radical (unpaired) electrons. The summed E-state index contributed by atoms with van der Waals surface area (Å²) < 4.78 is 29.9. The lowest BCUT2D eigenvalue weighted by atomic mass is 9.89. The third-order valence-electron chi connectivity index (χ3n) is 6.48. The van der Waals surface area contributed by atoms with Crippen LogP contribution in [0.15, 0.2) is 53.7 Å². The monoisotopic (exact) mass is 477 g/mol. The molecule has 0 aliphatic carbocycles. The van der Waals surface area contributed by atoms with Crippen molar-refractivity contribution in [1.82, 2.24) is 14.5 Å². The van der Waals surface area contributed by atoms with Crippen LogP contribution in [0.2, 0.25) is 0 Å². The molecular weight excluding hydrogens is 450 g/mol. The number of rotatable bonds is 5. The molecule has 1 fully saturated rings. The van der Waals surface area contributed by atoms with Gasteiger partial charge in [0.1, 0.15) is 5.82 Å². The van der Waals surface area contributed by atoms with E-state index < -0.39 is 10.0 Å². The number of nitriles is 1. The second kappa shape index (κ2) is 9.31. The maximum absolute atomic E-state index is 13.2. The van der Waals surface area contributed by atoms with Crippen molar-refractivity contribution in [2.45, 2.75) is 37.6 Å². The first-order chi connectivity index (χ1) is 16.2. The van der Waals surface area contributed by atoms with Crippen molar-refractivity contribution < 1.29 is 13.2 Å². The Hall–Kier alpha value is -3.64. The van der Waals surface area contributed by atoms with Gasteiger partial charge in [0, 0.05) is 25.7 Å². The fraction of sp³-hybridized carbons (Fsp3) is 0.320. The number of anilines is 1. The predicted octanol–water partition coefficient (Wildman–Crippen LogP) is 3.73. The van der Waals surface area contributed by atoms with Crippen molar-refractivity contribution in [3.8, 4) is 6.07 Å². The average molecular weight is 478 g/mol. The molecule has 1 aromatic heterocycles. The molecule has 0 unspecified atom stereocenters. The summed E-state index contributed by atoms with van der Waals surface area (Å²) in [6, 6.07) is 14.9. The van der Waals surface area contributed by atoms with Gasteiger partial charge in [0.15, 0.2) is 5.03 Å². The Kier molecular flexibility index (Phi) is 6.44. The zero-order valence-corrected chi connectivity index (χ0v) is 20.3. The third kappa shape index (κ3) is 4.68. The van der Waals surface area contributed by atoms with E-state index in [1.807, 2.05) is 29.2 Å². The average Bonchev–Trinajstić information content (AvgIpc) is 3.19. The van der Waals surface area contributed by atoms with E-state index in [0.717, 1.165) is 18.4 Å². The number of amides is 1. The summed E-state index contributed by atoms with van der Waals surface area (Å²) in [4.78, 5) is 19.1. The summed E-state index contributed by atoms with van der Waals surface area (Å²) in [6.07, 6.45) is 2.99. The van der Waals surface area contributed by atoms with Crippen LogP contribution in [-0.2, 0) is 17.1 Å². The van der Waals surface area contributed by atoms with Crippen LogP contribution in [0.5, 0.6) is 0 Å². The number of carbonyl (C=O) groups excluding carboxylic acids is 1. The number of piperidine rings is 1. The minimum absolute atomic E-state index is 0.0611. The Bertz CT molecular complexity index is 1360. The normalized spacial score (nSPS) is 14.6. The van der Waals surface area contributed by atoms with Gasteiger partial charge in [0.25, 0.3) is 15.9 Å². The molecule has 2 heterocycles. The quantitative estimate of drug-likeness (QED) is 0.602. The number of nitrogens with one attached hydrogen (secondary N) is 1. The van der Waals surface area contributed by atoms with Gasteiger partial charge in [-0.3, -0.25) is 9.52 Å². The summed E-state index contributed by atoms with van der Waals surface area (Å²) in [5, 5.41) is 9.04. The second-order valence-corrected chi connectivity index (χ2v) is 10.3. The molecule has 3 aromatic rings. The van der Waals surface area contributed by atoms with E-state index >= 15 is 0 Å². The van der Waals surface area contributed by atoms with Crippen molar-refractivity contribution in [2.75, 3.05) is 17.8 Å². The lowest BCUT2D eigenvalue weighted by molar-refractivity contribution is 0.0713. The highest BCUT2D eigenvalue weighted by Crippen LogP contribution is 2.29. The number of hydrogen-bond acceptors (Lipinski definition) is 5. The van der Waals surface area contributed by atoms with E-state index in [2.05, 4.69) is 15.8 Å². The van der Waals surface area contributed by atoms with E-state index in [1.165, 1.54) is 16.3 Å². The Morgan fingerprint density at radius 1 is 1.12 bits per heavy atom. The molecule has 0 spiro atoms. The van der Waals surface area contributed by atoms with Crippen molar-refractivity contribution >= 4 is 21.6 Å². The van der Waals surface area contributed by atoms with Gasteiger partial charge < -0.3 is 9.47 Å². The molecule has 0 saturated carbocycles. The fourth-order valence-corrected chi connectivity index (χ4v) is 5.52. The van der Waals surface area contributed by atoms with Gasteiger partial charge in [0.05, 0.1) is 23.5 Å². The minimum Gasteiger partial charge on any atom is -0.339 e. The van der Waals surface area contributed by atoms with Crippen molar-refractivity contribution in [3.05, 3.63) is 76.7 Å². The molecule has 176 valence electrons. The van der Waals surface area contributed by atoms with Gasteiger partial charge in [-0.25, -0.2) is 4.98 Å². The highest BCUT2D eigenvalue weighted by atomic mass is 32.2. The highest BCUT2D eigenvalue weighted by Gasteiger charge is 2.26. The standard InChI is InChI=1S/C25H27N5O3S/c1-17-4-7-22(14-23(17)28-34(32,33)24-16-27-18(2)29(24)3)25(31)30-12-10-21(11-13-30)20-8-5-19(15-26)6-9-20/h4-9,14,16,21,28H,10-13H2,1-3H3. The number of aryl methyl sites for hydroxylation is 2. The van der Waals surface area contributed by atoms with Gasteiger partial charge in [-0.15, -0.1) is 0 Å². The summed E-state index contributed by atoms with van der Waals surface area (Å²) in [7, 11) is -2.21. The van der Waals surface area contributed by atoms with E-state index in [4.69, 9.17) is 5.26 Å². The van der Waals surface area contributed by atoms with Crippen molar-refractivity contribution in [1.29, 1.82) is 5.26 Å². The second-order valence-electron chi connectivity index (χ2n) is 8.64. The zero-order chi connectivity index (χ0) is 24.5. The summed E-state index contributed by atoms with van der Waals surface area (Å²) in [6.45, 7) is 4.76. The molecule has 2 aromatic carbocycles. The number of sulfonamides is 1. The number of aromatic nitrogens is 2. The van der Waals surface area contributed by atoms with E-state index in [-0.39, 0.29) is 10.9 Å². The number of carbonyl (C=O) groups is 1. The maximum Gasteiger partial charge on any atom is 0.279 e. The smallest absolute Gasteiger partial charge is 0.279 e. The number of nitrogens with zero attached hydrogens (tertiary/aromatic N) is 4. The van der Waals surface area contributed by atoms with Gasteiger partial charge in [-0.2, -0.15) is 13.7 Å². The summed E-state index contributed by atoms with van der Waals surface area (Å²) in [5.41, 5.74) is 3.36. The van der Waals surface area contributed by atoms with Crippen LogP contribution in [0.1, 0.15) is 51.6 Å². The van der Waals surface area contributed by atoms with Crippen LogP contribution in [0.3, 0.4) is 0 Å². The molecule has 1 aliphatic heterocycles. The lowest BCUT2D eigenvalue weighted by Gasteiger charge is -2.32. The highest BCUT2D eigenvalue weighted by molar-refractivity contribution is 7.92. The fourth-order valence-electron chi connectivity index (χ4n) is 4.22. The molecule has 4 rings (SSSR count). The Morgan fingerprint density at radius 2 is 1.79 bits per heavy atom. The molecule has 1 aliphatic rings. The van der Waals surface area contributed by atoms with Crippen LogP contribution >= 0.6 is 0 Å². The SMILES string of the molecule is Cc1ccc(C(=O)N2CCC(c3ccc(C#N)cc3)CC2)cc1NS(=O)(=O)c1cnc(C)n1C. The van der Waals surface area contributed by atoms with Crippen LogP contribution < -0.4 is 4.72 Å². The topological polar surface area (TPSA) is 108 Å². The van der Waals surface area contributed by atoms with E-state index in [9.17, 15) is 13.2 Å². The number of hydrogen-bond donors (Lipinski definition) is 1. The molecule has 34 heavy (non-hydrogen) atoms. The van der Waals surface area contributed by atoms with Gasteiger partial charge >= 0.3 is 0 Å². The van der Waals surface area contributed by atoms with Gasteiger partial charge in [-0.1, -0.05) is 18.2 Å². The largest absolute Gasteiger partial charge is 0.339 e. The first kappa shape index (κ1) is 23.5. The Labute approximate surface area is 199 Å². The third-order valence-corrected chi connectivity index (χ3v) is 7.89. The van der Waals surface area contributed by atoms with Crippen molar-refractivity contribution in [3.63, 3.8) is 0 Å². The Morgan fingerprint density at radius 3 is 2.38 bits per heavy atom. The van der Waals surface area contributed by atoms with Gasteiger partial charge in [0.2, 0.25) is 0 Å². The molecule has 0 bridgehead atoms. The molecule has 0 atom stereocenters. The maximum atomic E-state index is 13.2.